The SMILES string of the molecule is COc1ccc(Cl)cc1CC(=O)Nc1ccccc1Cl. The van der Waals surface area contributed by atoms with Crippen LogP contribution < -0.4 is 10.1 Å². The minimum absolute atomic E-state index is 0.162. The van der Waals surface area contributed by atoms with Crippen LogP contribution in [0.1, 0.15) is 5.56 Å². The van der Waals surface area contributed by atoms with Crippen LogP contribution in [0.25, 0.3) is 0 Å². The highest BCUT2D eigenvalue weighted by atomic mass is 35.5. The summed E-state index contributed by atoms with van der Waals surface area (Å²) in [5.74, 6) is 0.447. The van der Waals surface area contributed by atoms with Crippen molar-refractivity contribution in [1.82, 2.24) is 0 Å². The van der Waals surface area contributed by atoms with Crippen LogP contribution in [0.4, 0.5) is 5.69 Å². The summed E-state index contributed by atoms with van der Waals surface area (Å²) in [5, 5.41) is 3.82. The van der Waals surface area contributed by atoms with Crippen molar-refractivity contribution in [3.05, 3.63) is 58.1 Å². The Balaban J connectivity index is 2.12. The lowest BCUT2D eigenvalue weighted by Gasteiger charge is -2.10. The maximum atomic E-state index is 12.0. The molecule has 0 aliphatic heterocycles. The van der Waals surface area contributed by atoms with Gasteiger partial charge in [-0.05, 0) is 30.3 Å². The molecule has 0 aliphatic carbocycles. The summed E-state index contributed by atoms with van der Waals surface area (Å²) in [6.07, 6.45) is 0.162. The molecule has 0 atom stereocenters. The molecule has 0 unspecified atom stereocenters. The van der Waals surface area contributed by atoms with Crippen LogP contribution in [-0.4, -0.2) is 13.0 Å². The predicted octanol–water partition coefficient (Wildman–Crippen LogP) is 4.18. The number of amides is 1. The normalized spacial score (nSPS) is 10.2. The molecule has 20 heavy (non-hydrogen) atoms. The number of nitrogens with one attached hydrogen (secondary N) is 1. The van der Waals surface area contributed by atoms with Gasteiger partial charge in [0.05, 0.1) is 24.2 Å². The molecule has 0 bridgehead atoms. The van der Waals surface area contributed by atoms with Crippen LogP contribution in [0, 0.1) is 0 Å². The third kappa shape index (κ3) is 3.65. The Morgan fingerprint density at radius 3 is 2.65 bits per heavy atom. The van der Waals surface area contributed by atoms with Gasteiger partial charge in [-0.2, -0.15) is 0 Å². The summed E-state index contributed by atoms with van der Waals surface area (Å²) in [4.78, 5) is 12.0. The van der Waals surface area contributed by atoms with Gasteiger partial charge in [-0.3, -0.25) is 4.79 Å². The van der Waals surface area contributed by atoms with Gasteiger partial charge in [-0.1, -0.05) is 35.3 Å². The highest BCUT2D eigenvalue weighted by Crippen LogP contribution is 2.24. The van der Waals surface area contributed by atoms with Crippen LogP contribution in [0.5, 0.6) is 5.75 Å². The first kappa shape index (κ1) is 14.7. The summed E-state index contributed by atoms with van der Waals surface area (Å²) >= 11 is 11.9. The third-order valence-electron chi connectivity index (χ3n) is 2.74. The summed E-state index contributed by atoms with van der Waals surface area (Å²) in [7, 11) is 1.55. The van der Waals surface area contributed by atoms with E-state index in [4.69, 9.17) is 27.9 Å². The topological polar surface area (TPSA) is 38.3 Å². The fourth-order valence-electron chi connectivity index (χ4n) is 1.82. The molecule has 0 spiro atoms. The molecule has 0 fully saturated rings. The smallest absolute Gasteiger partial charge is 0.228 e. The summed E-state index contributed by atoms with van der Waals surface area (Å²) < 4.78 is 5.21. The molecule has 0 heterocycles. The third-order valence-corrected chi connectivity index (χ3v) is 3.31. The first-order valence-corrected chi connectivity index (χ1v) is 6.72. The van der Waals surface area contributed by atoms with E-state index in [1.165, 1.54) is 0 Å². The van der Waals surface area contributed by atoms with Crippen LogP contribution in [0.15, 0.2) is 42.5 Å². The number of carbonyl (C=O) groups excluding carboxylic acids is 1. The molecule has 1 N–H and O–H groups in total. The Morgan fingerprint density at radius 2 is 1.95 bits per heavy atom. The Hall–Kier alpha value is -1.71. The van der Waals surface area contributed by atoms with Gasteiger partial charge in [0.15, 0.2) is 0 Å². The van der Waals surface area contributed by atoms with Crippen LogP contribution >= 0.6 is 23.2 Å². The molecule has 5 heteroatoms. The lowest BCUT2D eigenvalue weighted by atomic mass is 10.1. The van der Waals surface area contributed by atoms with Gasteiger partial charge in [0.1, 0.15) is 5.75 Å². The molecule has 2 rings (SSSR count). The van der Waals surface area contributed by atoms with Gasteiger partial charge >= 0.3 is 0 Å². The monoisotopic (exact) mass is 309 g/mol. The van der Waals surface area contributed by atoms with Crippen molar-refractivity contribution >= 4 is 34.8 Å². The van der Waals surface area contributed by atoms with Gasteiger partial charge in [0, 0.05) is 10.6 Å². The van der Waals surface area contributed by atoms with Gasteiger partial charge < -0.3 is 10.1 Å². The molecule has 2 aromatic carbocycles. The zero-order valence-electron chi connectivity index (χ0n) is 10.8. The van der Waals surface area contributed by atoms with Gasteiger partial charge in [-0.25, -0.2) is 0 Å². The average Bonchev–Trinajstić information content (AvgIpc) is 2.41. The van der Waals surface area contributed by atoms with Crippen molar-refractivity contribution in [3.63, 3.8) is 0 Å². The molecule has 0 radical (unpaired) electrons. The highest BCUT2D eigenvalue weighted by molar-refractivity contribution is 6.33. The number of carbonyl (C=O) groups is 1. The van der Waals surface area contributed by atoms with Crippen LogP contribution in [0.3, 0.4) is 0 Å². The minimum atomic E-state index is -0.182. The molecule has 0 aromatic heterocycles. The Bertz CT molecular complexity index is 629. The van der Waals surface area contributed by atoms with Crippen LogP contribution in [0.2, 0.25) is 10.0 Å². The number of rotatable bonds is 4. The van der Waals surface area contributed by atoms with Crippen molar-refractivity contribution < 1.29 is 9.53 Å². The zero-order chi connectivity index (χ0) is 14.5. The number of para-hydroxylation sites is 1. The molecule has 0 saturated carbocycles. The second kappa shape index (κ2) is 6.64. The Kier molecular flexibility index (Phi) is 4.88. The maximum absolute atomic E-state index is 12.0. The minimum Gasteiger partial charge on any atom is -0.496 e. The fourth-order valence-corrected chi connectivity index (χ4v) is 2.19. The highest BCUT2D eigenvalue weighted by Gasteiger charge is 2.11. The quantitative estimate of drug-likeness (QED) is 0.920. The predicted molar refractivity (Wildman–Crippen MR) is 81.8 cm³/mol. The Morgan fingerprint density at radius 1 is 1.20 bits per heavy atom. The number of benzene rings is 2. The number of anilines is 1. The lowest BCUT2D eigenvalue weighted by molar-refractivity contribution is -0.115. The fraction of sp³-hybridized carbons (Fsp3) is 0.133. The standard InChI is InChI=1S/C15H13Cl2NO2/c1-20-14-7-6-11(16)8-10(14)9-15(19)18-13-5-3-2-4-12(13)17/h2-8H,9H2,1H3,(H,18,19). The van der Waals surface area contributed by atoms with E-state index in [-0.39, 0.29) is 12.3 Å². The number of methoxy groups -OCH3 is 1. The van der Waals surface area contributed by atoms with Crippen molar-refractivity contribution in [2.45, 2.75) is 6.42 Å². The van der Waals surface area contributed by atoms with E-state index in [0.29, 0.717) is 21.5 Å². The molecule has 0 aliphatic rings. The number of halogens is 2. The molecule has 2 aromatic rings. The molecular formula is C15H13Cl2NO2. The zero-order valence-corrected chi connectivity index (χ0v) is 12.3. The lowest BCUT2D eigenvalue weighted by Crippen LogP contribution is -2.15. The van der Waals surface area contributed by atoms with Crippen molar-refractivity contribution in [3.8, 4) is 5.75 Å². The van der Waals surface area contributed by atoms with E-state index >= 15 is 0 Å². The molecular weight excluding hydrogens is 297 g/mol. The van der Waals surface area contributed by atoms with Crippen LogP contribution in [-0.2, 0) is 11.2 Å². The van der Waals surface area contributed by atoms with E-state index in [2.05, 4.69) is 5.32 Å². The summed E-state index contributed by atoms with van der Waals surface area (Å²) in [6, 6.07) is 12.2. The second-order valence-corrected chi connectivity index (χ2v) is 5.00. The van der Waals surface area contributed by atoms with Crippen molar-refractivity contribution in [1.29, 1.82) is 0 Å². The van der Waals surface area contributed by atoms with E-state index in [9.17, 15) is 4.79 Å². The van der Waals surface area contributed by atoms with E-state index in [1.54, 1.807) is 43.5 Å². The second-order valence-electron chi connectivity index (χ2n) is 4.16. The van der Waals surface area contributed by atoms with E-state index < -0.39 is 0 Å². The number of hydrogen-bond donors (Lipinski definition) is 1. The largest absolute Gasteiger partial charge is 0.496 e. The number of ether oxygens (including phenoxy) is 1. The molecule has 3 nitrogen and oxygen atoms in total. The molecule has 0 saturated heterocycles. The first-order valence-electron chi connectivity index (χ1n) is 5.97. The van der Waals surface area contributed by atoms with E-state index in [1.807, 2.05) is 6.07 Å². The van der Waals surface area contributed by atoms with Gasteiger partial charge in [0.2, 0.25) is 5.91 Å². The van der Waals surface area contributed by atoms with Gasteiger partial charge in [0.25, 0.3) is 0 Å². The van der Waals surface area contributed by atoms with Crippen molar-refractivity contribution in [2.24, 2.45) is 0 Å². The summed E-state index contributed by atoms with van der Waals surface area (Å²) in [5.41, 5.74) is 1.31. The molecule has 104 valence electrons. The maximum Gasteiger partial charge on any atom is 0.228 e. The van der Waals surface area contributed by atoms with Gasteiger partial charge in [-0.15, -0.1) is 0 Å². The first-order chi connectivity index (χ1) is 9.60. The van der Waals surface area contributed by atoms with Crippen molar-refractivity contribution in [2.75, 3.05) is 12.4 Å². The molecule has 1 amide bonds. The summed E-state index contributed by atoms with van der Waals surface area (Å²) in [6.45, 7) is 0. The van der Waals surface area contributed by atoms with E-state index in [0.717, 1.165) is 5.56 Å². The Labute approximate surface area is 127 Å². The average molecular weight is 310 g/mol. The number of hydrogen-bond acceptors (Lipinski definition) is 2.